The molecule has 0 saturated carbocycles. The Labute approximate surface area is 62.9 Å². The Morgan fingerprint density at radius 1 is 1.80 bits per heavy atom. The third kappa shape index (κ3) is 1.82. The molecule has 0 aromatic heterocycles. The van der Waals surface area contributed by atoms with Gasteiger partial charge in [0.2, 0.25) is 0 Å². The van der Waals surface area contributed by atoms with Crippen LogP contribution in [0.4, 0.5) is 0 Å². The van der Waals surface area contributed by atoms with E-state index >= 15 is 0 Å². The summed E-state index contributed by atoms with van der Waals surface area (Å²) in [5, 5.41) is 3.37. The highest BCUT2D eigenvalue weighted by atomic mass is 15.2. The lowest BCUT2D eigenvalue weighted by atomic mass is 10.2. The molecule has 0 amide bonds. The van der Waals surface area contributed by atoms with Gasteiger partial charge in [-0.3, -0.25) is 0 Å². The second-order valence-corrected chi connectivity index (χ2v) is 2.69. The zero-order valence-electron chi connectivity index (χ0n) is 6.64. The number of nitrogens with one attached hydrogen (secondary N) is 1. The third-order valence-electron chi connectivity index (χ3n) is 2.02. The van der Waals surface area contributed by atoms with E-state index in [0.717, 1.165) is 19.6 Å². The van der Waals surface area contributed by atoms with E-state index in [1.165, 1.54) is 6.54 Å². The molecule has 0 bridgehead atoms. The van der Waals surface area contributed by atoms with E-state index in [1.807, 2.05) is 6.08 Å². The molecule has 2 nitrogen and oxygen atoms in total. The number of hydrogen-bond donors (Lipinski definition) is 1. The number of hydrogen-bond acceptors (Lipinski definition) is 2. The van der Waals surface area contributed by atoms with Crippen LogP contribution in [-0.2, 0) is 0 Å². The highest BCUT2D eigenvalue weighted by molar-refractivity contribution is 4.90. The van der Waals surface area contributed by atoms with Gasteiger partial charge in [0.15, 0.2) is 0 Å². The minimum absolute atomic E-state index is 0.508. The summed E-state index contributed by atoms with van der Waals surface area (Å²) < 4.78 is 0. The first kappa shape index (κ1) is 7.76. The monoisotopic (exact) mass is 140 g/mol. The van der Waals surface area contributed by atoms with Gasteiger partial charge in [0.1, 0.15) is 0 Å². The van der Waals surface area contributed by atoms with Gasteiger partial charge in [0.25, 0.3) is 0 Å². The van der Waals surface area contributed by atoms with E-state index < -0.39 is 0 Å². The lowest BCUT2D eigenvalue weighted by molar-refractivity contribution is 0.228. The predicted molar refractivity (Wildman–Crippen MR) is 44.1 cm³/mol. The van der Waals surface area contributed by atoms with Gasteiger partial charge < -0.3 is 10.2 Å². The first-order valence-electron chi connectivity index (χ1n) is 3.95. The van der Waals surface area contributed by atoms with Gasteiger partial charge in [-0.15, -0.1) is 6.58 Å². The van der Waals surface area contributed by atoms with Crippen LogP contribution in [0, 0.1) is 0 Å². The topological polar surface area (TPSA) is 15.3 Å². The lowest BCUT2D eigenvalue weighted by Crippen LogP contribution is -2.49. The lowest BCUT2D eigenvalue weighted by Gasteiger charge is -2.30. The zero-order chi connectivity index (χ0) is 7.40. The summed E-state index contributed by atoms with van der Waals surface area (Å²) in [5.74, 6) is 0. The van der Waals surface area contributed by atoms with E-state index in [9.17, 15) is 0 Å². The van der Waals surface area contributed by atoms with Crippen molar-refractivity contribution < 1.29 is 0 Å². The quantitative estimate of drug-likeness (QED) is 0.561. The third-order valence-corrected chi connectivity index (χ3v) is 2.02. The second-order valence-electron chi connectivity index (χ2n) is 2.69. The standard InChI is InChI=1S/C8H16N2/c1-3-8-7-10(4-2)6-5-9-8/h3,8-9H,1,4-7H2,2H3/t8-/m0/s1. The van der Waals surface area contributed by atoms with Crippen molar-refractivity contribution in [2.24, 2.45) is 0 Å². The van der Waals surface area contributed by atoms with E-state index in [0.29, 0.717) is 6.04 Å². The normalized spacial score (nSPS) is 28.3. The van der Waals surface area contributed by atoms with Crippen molar-refractivity contribution >= 4 is 0 Å². The van der Waals surface area contributed by atoms with Crippen LogP contribution in [0.1, 0.15) is 6.92 Å². The van der Waals surface area contributed by atoms with Gasteiger partial charge in [-0.05, 0) is 6.54 Å². The Bertz CT molecular complexity index is 112. The van der Waals surface area contributed by atoms with Gasteiger partial charge in [-0.2, -0.15) is 0 Å². The van der Waals surface area contributed by atoms with Gasteiger partial charge >= 0.3 is 0 Å². The van der Waals surface area contributed by atoms with Gasteiger partial charge in [0.05, 0.1) is 0 Å². The molecule has 0 radical (unpaired) electrons. The SMILES string of the molecule is C=C[C@H]1CN(CC)CCN1. The number of piperazine rings is 1. The Morgan fingerprint density at radius 2 is 2.60 bits per heavy atom. The first-order chi connectivity index (χ1) is 4.86. The van der Waals surface area contributed by atoms with Crippen LogP contribution >= 0.6 is 0 Å². The Kier molecular flexibility index (Phi) is 2.90. The van der Waals surface area contributed by atoms with Crippen molar-refractivity contribution in [3.63, 3.8) is 0 Å². The Balaban J connectivity index is 2.31. The largest absolute Gasteiger partial charge is 0.308 e. The highest BCUT2D eigenvalue weighted by Crippen LogP contribution is 1.97. The minimum atomic E-state index is 0.508. The minimum Gasteiger partial charge on any atom is -0.308 e. The summed E-state index contributed by atoms with van der Waals surface area (Å²) in [5.41, 5.74) is 0. The van der Waals surface area contributed by atoms with E-state index in [1.54, 1.807) is 0 Å². The van der Waals surface area contributed by atoms with Crippen molar-refractivity contribution in [1.82, 2.24) is 10.2 Å². The summed E-state index contributed by atoms with van der Waals surface area (Å²) in [7, 11) is 0. The molecule has 1 fully saturated rings. The summed E-state index contributed by atoms with van der Waals surface area (Å²) in [4.78, 5) is 2.43. The molecule has 10 heavy (non-hydrogen) atoms. The number of likely N-dealkylation sites (N-methyl/N-ethyl adjacent to an activating group) is 1. The summed E-state index contributed by atoms with van der Waals surface area (Å²) in [6, 6.07) is 0.508. The predicted octanol–water partition coefficient (Wildman–Crippen LogP) is 0.466. The molecular weight excluding hydrogens is 124 g/mol. The Hall–Kier alpha value is -0.340. The molecule has 0 aromatic carbocycles. The van der Waals surface area contributed by atoms with Crippen LogP contribution < -0.4 is 5.32 Å². The van der Waals surface area contributed by atoms with E-state index in [-0.39, 0.29) is 0 Å². The molecule has 1 aliphatic rings. The van der Waals surface area contributed by atoms with Crippen LogP contribution in [0.25, 0.3) is 0 Å². The van der Waals surface area contributed by atoms with Gasteiger partial charge in [-0.1, -0.05) is 13.0 Å². The molecular formula is C8H16N2. The summed E-state index contributed by atoms with van der Waals surface area (Å²) in [6.07, 6.45) is 1.99. The number of rotatable bonds is 2. The second kappa shape index (κ2) is 3.74. The molecule has 1 N–H and O–H groups in total. The highest BCUT2D eigenvalue weighted by Gasteiger charge is 2.13. The molecule has 2 heteroatoms. The van der Waals surface area contributed by atoms with Crippen molar-refractivity contribution in [3.05, 3.63) is 12.7 Å². The molecule has 1 aliphatic heterocycles. The summed E-state index contributed by atoms with van der Waals surface area (Å²) >= 11 is 0. The fraction of sp³-hybridized carbons (Fsp3) is 0.750. The van der Waals surface area contributed by atoms with Gasteiger partial charge in [0, 0.05) is 25.7 Å². The molecule has 1 heterocycles. The molecule has 0 spiro atoms. The average Bonchev–Trinajstić information content (AvgIpc) is 2.05. The molecule has 1 saturated heterocycles. The maximum Gasteiger partial charge on any atom is 0.0376 e. The van der Waals surface area contributed by atoms with Crippen LogP contribution in [0.15, 0.2) is 12.7 Å². The van der Waals surface area contributed by atoms with Crippen LogP contribution in [0.2, 0.25) is 0 Å². The molecule has 0 unspecified atom stereocenters. The molecule has 58 valence electrons. The van der Waals surface area contributed by atoms with Crippen molar-refractivity contribution in [2.75, 3.05) is 26.2 Å². The maximum absolute atomic E-state index is 3.76. The Morgan fingerprint density at radius 3 is 3.20 bits per heavy atom. The first-order valence-corrected chi connectivity index (χ1v) is 3.95. The smallest absolute Gasteiger partial charge is 0.0376 e. The van der Waals surface area contributed by atoms with Crippen LogP contribution in [-0.4, -0.2) is 37.1 Å². The van der Waals surface area contributed by atoms with E-state index in [4.69, 9.17) is 0 Å². The van der Waals surface area contributed by atoms with E-state index in [2.05, 4.69) is 23.7 Å². The van der Waals surface area contributed by atoms with Crippen molar-refractivity contribution in [3.8, 4) is 0 Å². The van der Waals surface area contributed by atoms with Crippen LogP contribution in [0.5, 0.6) is 0 Å². The summed E-state index contributed by atoms with van der Waals surface area (Å²) in [6.45, 7) is 10.5. The molecule has 0 aliphatic carbocycles. The molecule has 1 atom stereocenters. The fourth-order valence-electron chi connectivity index (χ4n) is 1.29. The van der Waals surface area contributed by atoms with Crippen LogP contribution in [0.3, 0.4) is 0 Å². The van der Waals surface area contributed by atoms with Gasteiger partial charge in [-0.25, -0.2) is 0 Å². The molecule has 0 aromatic rings. The van der Waals surface area contributed by atoms with Crippen molar-refractivity contribution in [1.29, 1.82) is 0 Å². The average molecular weight is 140 g/mol. The zero-order valence-corrected chi connectivity index (χ0v) is 6.64. The van der Waals surface area contributed by atoms with Crippen molar-refractivity contribution in [2.45, 2.75) is 13.0 Å². The number of nitrogens with zero attached hydrogens (tertiary/aromatic N) is 1. The fourth-order valence-corrected chi connectivity index (χ4v) is 1.29. The maximum atomic E-state index is 3.76. The molecule has 1 rings (SSSR count).